The first-order valence-corrected chi connectivity index (χ1v) is 10.4. The van der Waals surface area contributed by atoms with Crippen LogP contribution >= 0.6 is 11.8 Å². The van der Waals surface area contributed by atoms with Gasteiger partial charge in [-0.2, -0.15) is 0 Å². The summed E-state index contributed by atoms with van der Waals surface area (Å²) in [4.78, 5) is 15.6. The van der Waals surface area contributed by atoms with Crippen LogP contribution in [0, 0.1) is 0 Å². The molecule has 1 amide bonds. The van der Waals surface area contributed by atoms with Crippen molar-refractivity contribution >= 4 is 28.8 Å². The van der Waals surface area contributed by atoms with E-state index in [1.807, 2.05) is 39.6 Å². The Kier molecular flexibility index (Phi) is 5.29. The molecule has 0 N–H and O–H groups in total. The highest BCUT2D eigenvalue weighted by Crippen LogP contribution is 2.45. The van der Waals surface area contributed by atoms with Gasteiger partial charge in [0.2, 0.25) is 0 Å². The molecule has 1 atom stereocenters. The summed E-state index contributed by atoms with van der Waals surface area (Å²) in [5.74, 6) is 1.42. The van der Waals surface area contributed by atoms with Gasteiger partial charge in [-0.05, 0) is 52.9 Å². The second-order valence-corrected chi connectivity index (χ2v) is 9.50. The van der Waals surface area contributed by atoms with Crippen LogP contribution in [0.5, 0.6) is 0 Å². The van der Waals surface area contributed by atoms with E-state index in [0.717, 1.165) is 12.2 Å². The van der Waals surface area contributed by atoms with Crippen molar-refractivity contribution in [3.63, 3.8) is 0 Å². The van der Waals surface area contributed by atoms with E-state index < -0.39 is 5.60 Å². The first kappa shape index (κ1) is 19.2. The molecular weight excluding hydrogens is 344 g/mol. The number of rotatable bonds is 3. The molecule has 0 aliphatic carbocycles. The Bertz CT molecular complexity index is 804. The smallest absolute Gasteiger partial charge is 0.410 e. The molecule has 0 spiro atoms. The van der Waals surface area contributed by atoms with Crippen molar-refractivity contribution in [3.8, 4) is 0 Å². The second-order valence-electron chi connectivity index (χ2n) is 8.39. The van der Waals surface area contributed by atoms with E-state index in [1.54, 1.807) is 4.90 Å². The molecule has 1 aromatic heterocycles. The molecule has 1 unspecified atom stereocenters. The zero-order chi connectivity index (χ0) is 19.1. The molecule has 1 aliphatic rings. The summed E-state index contributed by atoms with van der Waals surface area (Å²) in [5.41, 5.74) is 2.21. The predicted molar refractivity (Wildman–Crippen MR) is 109 cm³/mol. The number of ether oxygens (including phenoxy) is 1. The second kappa shape index (κ2) is 7.18. The van der Waals surface area contributed by atoms with Gasteiger partial charge in [0.05, 0.1) is 0 Å². The van der Waals surface area contributed by atoms with Crippen molar-refractivity contribution in [2.75, 3.05) is 19.3 Å². The van der Waals surface area contributed by atoms with Gasteiger partial charge in [0.1, 0.15) is 5.60 Å². The molecule has 142 valence electrons. The maximum atomic E-state index is 12.4. The minimum absolute atomic E-state index is 0.246. The minimum atomic E-state index is -0.467. The average molecular weight is 375 g/mol. The van der Waals surface area contributed by atoms with Crippen LogP contribution < -0.4 is 0 Å². The Labute approximate surface area is 160 Å². The lowest BCUT2D eigenvalue weighted by Crippen LogP contribution is -2.37. The van der Waals surface area contributed by atoms with E-state index in [-0.39, 0.29) is 6.09 Å². The molecule has 4 nitrogen and oxygen atoms in total. The molecule has 5 heteroatoms. The number of carbonyl (C=O) groups excluding carboxylic acids is 1. The fraction of sp³-hybridized carbons (Fsp3) is 0.571. The fourth-order valence-corrected chi connectivity index (χ4v) is 5.05. The van der Waals surface area contributed by atoms with Gasteiger partial charge in [-0.15, -0.1) is 11.8 Å². The number of thioether (sulfide) groups is 1. The van der Waals surface area contributed by atoms with Crippen molar-refractivity contribution in [1.82, 2.24) is 9.47 Å². The van der Waals surface area contributed by atoms with Crippen molar-refractivity contribution in [2.24, 2.45) is 0 Å². The Morgan fingerprint density at radius 1 is 1.35 bits per heavy atom. The number of benzene rings is 1. The number of hydrogen-bond donors (Lipinski definition) is 0. The van der Waals surface area contributed by atoms with Gasteiger partial charge in [-0.25, -0.2) is 4.79 Å². The van der Waals surface area contributed by atoms with Crippen LogP contribution in [-0.4, -0.2) is 40.5 Å². The number of para-hydroxylation sites is 1. The molecule has 3 rings (SSSR count). The normalized spacial score (nSPS) is 17.4. The van der Waals surface area contributed by atoms with E-state index >= 15 is 0 Å². The summed E-state index contributed by atoms with van der Waals surface area (Å²) in [7, 11) is 1.85. The third-order valence-electron chi connectivity index (χ3n) is 4.72. The van der Waals surface area contributed by atoms with Crippen LogP contribution in [0.4, 0.5) is 4.79 Å². The van der Waals surface area contributed by atoms with E-state index in [1.165, 1.54) is 21.5 Å². The number of carbonyl (C=O) groups is 1. The van der Waals surface area contributed by atoms with E-state index in [4.69, 9.17) is 4.74 Å². The quantitative estimate of drug-likeness (QED) is 0.694. The molecule has 26 heavy (non-hydrogen) atoms. The molecule has 2 aromatic rings. The Hall–Kier alpha value is -1.62. The fourth-order valence-electron chi connectivity index (χ4n) is 3.71. The van der Waals surface area contributed by atoms with Gasteiger partial charge in [0, 0.05) is 47.0 Å². The zero-order valence-electron chi connectivity index (χ0n) is 16.7. The number of likely N-dealkylation sites (N-methyl/N-ethyl adjacent to an activating group) is 1. The summed E-state index contributed by atoms with van der Waals surface area (Å²) in [6.07, 6.45) is 0.831. The lowest BCUT2D eigenvalue weighted by molar-refractivity contribution is 0.0286. The Morgan fingerprint density at radius 3 is 2.69 bits per heavy atom. The summed E-state index contributed by atoms with van der Waals surface area (Å²) in [6, 6.07) is 9.04. The molecule has 0 saturated carbocycles. The third-order valence-corrected chi connectivity index (χ3v) is 5.87. The topological polar surface area (TPSA) is 34.5 Å². The van der Waals surface area contributed by atoms with Crippen LogP contribution in [0.1, 0.15) is 58.7 Å². The van der Waals surface area contributed by atoms with E-state index in [2.05, 4.69) is 42.7 Å². The molecule has 2 heterocycles. The van der Waals surface area contributed by atoms with Gasteiger partial charge in [-0.3, -0.25) is 0 Å². The lowest BCUT2D eigenvalue weighted by Gasteiger charge is -2.31. The highest BCUT2D eigenvalue weighted by molar-refractivity contribution is 7.99. The predicted octanol–water partition coefficient (Wildman–Crippen LogP) is 5.67. The largest absolute Gasteiger partial charge is 0.444 e. The van der Waals surface area contributed by atoms with Crippen LogP contribution in [0.2, 0.25) is 0 Å². The van der Waals surface area contributed by atoms with Crippen LogP contribution in [0.3, 0.4) is 0 Å². The first-order chi connectivity index (χ1) is 12.2. The van der Waals surface area contributed by atoms with Gasteiger partial charge >= 0.3 is 6.09 Å². The van der Waals surface area contributed by atoms with Gasteiger partial charge in [0.15, 0.2) is 0 Å². The maximum Gasteiger partial charge on any atom is 0.410 e. The van der Waals surface area contributed by atoms with E-state index in [9.17, 15) is 4.79 Å². The highest BCUT2D eigenvalue weighted by atomic mass is 32.2. The zero-order valence-corrected chi connectivity index (χ0v) is 17.5. The van der Waals surface area contributed by atoms with Crippen LogP contribution in [0.25, 0.3) is 10.9 Å². The summed E-state index contributed by atoms with van der Waals surface area (Å²) in [5, 5.41) is 1.34. The number of hydrogen-bond acceptors (Lipinski definition) is 3. The monoisotopic (exact) mass is 374 g/mol. The molecule has 0 radical (unpaired) electrons. The summed E-state index contributed by atoms with van der Waals surface area (Å²) >= 11 is 1.95. The number of nitrogens with zero attached hydrogens (tertiary/aromatic N) is 2. The summed E-state index contributed by atoms with van der Waals surface area (Å²) in [6.45, 7) is 10.9. The molecule has 1 aromatic carbocycles. The van der Waals surface area contributed by atoms with Crippen molar-refractivity contribution in [2.45, 2.75) is 63.5 Å². The first-order valence-electron chi connectivity index (χ1n) is 9.38. The van der Waals surface area contributed by atoms with Gasteiger partial charge in [-0.1, -0.05) is 18.2 Å². The Morgan fingerprint density at radius 2 is 2.04 bits per heavy atom. The van der Waals surface area contributed by atoms with Crippen molar-refractivity contribution < 1.29 is 9.53 Å². The van der Waals surface area contributed by atoms with Gasteiger partial charge < -0.3 is 14.2 Å². The van der Waals surface area contributed by atoms with Crippen LogP contribution in [-0.2, 0) is 4.74 Å². The molecule has 0 saturated heterocycles. The third kappa shape index (κ3) is 3.73. The van der Waals surface area contributed by atoms with Crippen molar-refractivity contribution in [1.29, 1.82) is 0 Å². The summed E-state index contributed by atoms with van der Waals surface area (Å²) < 4.78 is 8.00. The molecule has 0 fully saturated rings. The number of amides is 1. The highest BCUT2D eigenvalue weighted by Gasteiger charge is 2.31. The standard InChI is InChI=1S/C21H30N2O2S/c1-14(2)23-17-10-8-7-9-16(17)19-18(23)15(11-12-26-19)13-22(6)20(24)25-21(3,4)5/h7-10,14-15H,11-13H2,1-6H3. The molecular formula is C21H30N2O2S. The number of fused-ring (bicyclic) bond motifs is 3. The minimum Gasteiger partial charge on any atom is -0.444 e. The van der Waals surface area contributed by atoms with Gasteiger partial charge in [0.25, 0.3) is 0 Å². The van der Waals surface area contributed by atoms with Crippen molar-refractivity contribution in [3.05, 3.63) is 30.0 Å². The van der Waals surface area contributed by atoms with E-state index in [0.29, 0.717) is 18.5 Å². The molecule has 1 aliphatic heterocycles. The molecule has 0 bridgehead atoms. The van der Waals surface area contributed by atoms with Crippen LogP contribution in [0.15, 0.2) is 29.2 Å². The maximum absolute atomic E-state index is 12.4. The average Bonchev–Trinajstić information content (AvgIpc) is 2.89. The Balaban J connectivity index is 1.95. The lowest BCUT2D eigenvalue weighted by atomic mass is 10.0. The SMILES string of the molecule is CC(C)n1c2c(c3ccccc31)SCCC2CN(C)C(=O)OC(C)(C)C. The number of aromatic nitrogens is 1.